The van der Waals surface area contributed by atoms with Gasteiger partial charge in [-0.15, -0.1) is 0 Å². The maximum atomic E-state index is 5.65. The molecule has 1 aromatic heterocycles. The van der Waals surface area contributed by atoms with Crippen molar-refractivity contribution in [2.45, 2.75) is 6.92 Å². The topological polar surface area (TPSA) is 38.3 Å². The van der Waals surface area contributed by atoms with Crippen molar-refractivity contribution in [2.24, 2.45) is 0 Å². The van der Waals surface area contributed by atoms with Crippen LogP contribution in [0.15, 0.2) is 83.5 Å². The van der Waals surface area contributed by atoms with E-state index in [2.05, 4.69) is 65.3 Å². The third-order valence-electron chi connectivity index (χ3n) is 5.08. The second kappa shape index (κ2) is 6.50. The Morgan fingerprint density at radius 2 is 1.64 bits per heavy atom. The fourth-order valence-electron chi connectivity index (χ4n) is 3.44. The Bertz CT molecular complexity index is 1230. The number of hydrogen-bond acceptors (Lipinski definition) is 3. The molecule has 0 aliphatic carbocycles. The molecule has 0 spiro atoms. The zero-order valence-corrected chi connectivity index (χ0v) is 15.7. The van der Waals surface area contributed by atoms with Crippen LogP contribution in [0, 0.1) is 6.92 Å². The van der Waals surface area contributed by atoms with E-state index >= 15 is 0 Å². The van der Waals surface area contributed by atoms with Crippen LogP contribution >= 0.6 is 0 Å². The van der Waals surface area contributed by atoms with Crippen LogP contribution in [0.3, 0.4) is 0 Å². The standard InChI is InChI=1S/C24H19N2O2/c1-16-3-8-19(9-4-16)26-14-13-23(26)18-7-12-22-21(15-18)24(28-25-22)17-5-10-20(27-2)11-6-17/h3-15H,1-2H3/q+1. The highest BCUT2D eigenvalue weighted by atomic mass is 16.5. The summed E-state index contributed by atoms with van der Waals surface area (Å²) >= 11 is 0. The molecule has 4 aromatic rings. The predicted molar refractivity (Wildman–Crippen MR) is 110 cm³/mol. The minimum absolute atomic E-state index is 0.769. The van der Waals surface area contributed by atoms with Gasteiger partial charge in [-0.05, 0) is 49.4 Å². The summed E-state index contributed by atoms with van der Waals surface area (Å²) in [6.45, 7) is 2.10. The Kier molecular flexibility index (Phi) is 3.83. The molecular weight excluding hydrogens is 348 g/mol. The zero-order valence-electron chi connectivity index (χ0n) is 15.7. The van der Waals surface area contributed by atoms with Crippen molar-refractivity contribution in [1.29, 1.82) is 0 Å². The first-order valence-corrected chi connectivity index (χ1v) is 9.18. The molecule has 2 heterocycles. The first kappa shape index (κ1) is 16.5. The van der Waals surface area contributed by atoms with Crippen LogP contribution in [-0.2, 0) is 0 Å². The molecule has 0 saturated carbocycles. The van der Waals surface area contributed by atoms with E-state index in [1.165, 1.54) is 5.56 Å². The lowest BCUT2D eigenvalue weighted by Gasteiger charge is -2.09. The number of aryl methyl sites for hydroxylation is 1. The Morgan fingerprint density at radius 3 is 2.32 bits per heavy atom. The molecule has 0 atom stereocenters. The van der Waals surface area contributed by atoms with Gasteiger partial charge in [0, 0.05) is 23.3 Å². The molecule has 4 heteroatoms. The second-order valence-electron chi connectivity index (χ2n) is 6.88. The third-order valence-corrected chi connectivity index (χ3v) is 5.08. The molecule has 0 unspecified atom stereocenters. The van der Waals surface area contributed by atoms with Crippen LogP contribution in [0.5, 0.6) is 5.75 Å². The van der Waals surface area contributed by atoms with Crippen LogP contribution in [0.1, 0.15) is 11.1 Å². The molecule has 3 aromatic carbocycles. The van der Waals surface area contributed by atoms with E-state index in [0.29, 0.717) is 0 Å². The molecule has 136 valence electrons. The molecule has 28 heavy (non-hydrogen) atoms. The average molecular weight is 367 g/mol. The van der Waals surface area contributed by atoms with Crippen molar-refractivity contribution in [3.63, 3.8) is 0 Å². The Morgan fingerprint density at radius 1 is 0.893 bits per heavy atom. The lowest BCUT2D eigenvalue weighted by atomic mass is 10.0. The van der Waals surface area contributed by atoms with Gasteiger partial charge >= 0.3 is 0 Å². The summed E-state index contributed by atoms with van der Waals surface area (Å²) < 4.78 is 13.1. The molecule has 5 rings (SSSR count). The smallest absolute Gasteiger partial charge is 0.224 e. The van der Waals surface area contributed by atoms with Gasteiger partial charge in [0.1, 0.15) is 11.3 Å². The van der Waals surface area contributed by atoms with Gasteiger partial charge in [-0.3, -0.25) is 0 Å². The van der Waals surface area contributed by atoms with Crippen molar-refractivity contribution in [3.05, 3.63) is 90.1 Å². The van der Waals surface area contributed by atoms with E-state index < -0.39 is 0 Å². The summed E-state index contributed by atoms with van der Waals surface area (Å²) in [7, 11) is 1.66. The second-order valence-corrected chi connectivity index (χ2v) is 6.88. The maximum Gasteiger partial charge on any atom is 0.224 e. The zero-order chi connectivity index (χ0) is 19.1. The highest BCUT2D eigenvalue weighted by Gasteiger charge is 2.24. The number of rotatable bonds is 4. The number of aromatic nitrogens is 1. The molecule has 4 nitrogen and oxygen atoms in total. The normalized spacial score (nSPS) is 13.1. The number of benzene rings is 3. The predicted octanol–water partition coefficient (Wildman–Crippen LogP) is 5.47. The summed E-state index contributed by atoms with van der Waals surface area (Å²) in [5, 5.41) is 5.22. The maximum absolute atomic E-state index is 5.65. The van der Waals surface area contributed by atoms with Crippen LogP contribution < -0.4 is 4.74 Å². The highest BCUT2D eigenvalue weighted by molar-refractivity contribution is 6.10. The first-order chi connectivity index (χ1) is 13.7. The van der Waals surface area contributed by atoms with E-state index in [1.807, 2.05) is 30.3 Å². The van der Waals surface area contributed by atoms with Gasteiger partial charge in [-0.25, -0.2) is 0 Å². The van der Waals surface area contributed by atoms with Crippen LogP contribution in [0.4, 0.5) is 5.69 Å². The minimum atomic E-state index is 0.769. The Balaban J connectivity index is 1.58. The number of nitrogens with zero attached hydrogens (tertiary/aromatic N) is 2. The molecule has 0 bridgehead atoms. The largest absolute Gasteiger partial charge is 0.497 e. The fourth-order valence-corrected chi connectivity index (χ4v) is 3.44. The van der Waals surface area contributed by atoms with Gasteiger partial charge in [0.05, 0.1) is 18.6 Å². The van der Waals surface area contributed by atoms with E-state index in [4.69, 9.17) is 9.26 Å². The number of fused-ring (bicyclic) bond motifs is 1. The molecule has 0 N–H and O–H groups in total. The van der Waals surface area contributed by atoms with Crippen molar-refractivity contribution in [3.8, 4) is 17.1 Å². The van der Waals surface area contributed by atoms with Crippen LogP contribution in [0.25, 0.3) is 22.2 Å². The number of allylic oxidation sites excluding steroid dienone is 1. The summed E-state index contributed by atoms with van der Waals surface area (Å²) in [5.41, 5.74) is 6.53. The molecule has 1 aliphatic heterocycles. The summed E-state index contributed by atoms with van der Waals surface area (Å²) in [6, 6.07) is 22.6. The Hall–Kier alpha value is -3.66. The lowest BCUT2D eigenvalue weighted by molar-refractivity contribution is -0.370. The molecule has 0 radical (unpaired) electrons. The van der Waals surface area contributed by atoms with Gasteiger partial charge in [-0.1, -0.05) is 22.9 Å². The van der Waals surface area contributed by atoms with Crippen LogP contribution in [-0.4, -0.2) is 22.6 Å². The van der Waals surface area contributed by atoms with Gasteiger partial charge in [0.15, 0.2) is 12.0 Å². The monoisotopic (exact) mass is 367 g/mol. The van der Waals surface area contributed by atoms with Gasteiger partial charge in [-0.2, -0.15) is 4.58 Å². The number of hydrogen-bond donors (Lipinski definition) is 0. The van der Waals surface area contributed by atoms with E-state index in [-0.39, 0.29) is 0 Å². The van der Waals surface area contributed by atoms with Crippen molar-refractivity contribution in [1.82, 2.24) is 5.16 Å². The molecule has 1 aliphatic rings. The number of methoxy groups -OCH3 is 1. The quantitative estimate of drug-likeness (QED) is 0.449. The molecule has 0 amide bonds. The minimum Gasteiger partial charge on any atom is -0.497 e. The first-order valence-electron chi connectivity index (χ1n) is 9.18. The van der Waals surface area contributed by atoms with Crippen molar-refractivity contribution < 1.29 is 13.8 Å². The lowest BCUT2D eigenvalue weighted by Crippen LogP contribution is -2.19. The highest BCUT2D eigenvalue weighted by Crippen LogP contribution is 2.31. The third kappa shape index (κ3) is 2.70. The van der Waals surface area contributed by atoms with Crippen molar-refractivity contribution >= 4 is 22.3 Å². The van der Waals surface area contributed by atoms with E-state index in [0.717, 1.165) is 44.9 Å². The average Bonchev–Trinajstić information content (AvgIpc) is 3.12. The summed E-state index contributed by atoms with van der Waals surface area (Å²) in [6.07, 6.45) is 4.21. The van der Waals surface area contributed by atoms with Crippen molar-refractivity contribution in [2.75, 3.05) is 7.11 Å². The number of ether oxygens (including phenoxy) is 1. The SMILES string of the molecule is COc1ccc(-c2onc3ccc(C4=[N+](c5ccc(C)cc5)C=C4)cc23)cc1. The molecule has 0 saturated heterocycles. The van der Waals surface area contributed by atoms with Gasteiger partial charge < -0.3 is 9.26 Å². The fraction of sp³-hybridized carbons (Fsp3) is 0.0833. The van der Waals surface area contributed by atoms with Gasteiger partial charge in [0.25, 0.3) is 0 Å². The van der Waals surface area contributed by atoms with Crippen LogP contribution in [0.2, 0.25) is 0 Å². The Labute approximate surface area is 163 Å². The van der Waals surface area contributed by atoms with Gasteiger partial charge in [0.2, 0.25) is 11.4 Å². The summed E-state index contributed by atoms with van der Waals surface area (Å²) in [4.78, 5) is 0. The molecule has 0 fully saturated rings. The van der Waals surface area contributed by atoms with E-state index in [1.54, 1.807) is 7.11 Å². The summed E-state index contributed by atoms with van der Waals surface area (Å²) in [5.74, 6) is 1.59. The van der Waals surface area contributed by atoms with E-state index in [9.17, 15) is 0 Å². The molecular formula is C24H19N2O2+.